The van der Waals surface area contributed by atoms with Gasteiger partial charge in [-0.1, -0.05) is 12.2 Å². The molecule has 0 amide bonds. The van der Waals surface area contributed by atoms with Crippen molar-refractivity contribution >= 4 is 0 Å². The molecule has 0 aliphatic rings. The van der Waals surface area contributed by atoms with Crippen molar-refractivity contribution in [1.29, 1.82) is 0 Å². The van der Waals surface area contributed by atoms with Crippen LogP contribution in [0.4, 0.5) is 0 Å². The van der Waals surface area contributed by atoms with Gasteiger partial charge in [-0.05, 0) is 12.2 Å². The molecule has 0 aliphatic carbocycles. The third-order valence-electron chi connectivity index (χ3n) is 0.400. The molecule has 0 fully saturated rings. The van der Waals surface area contributed by atoms with Crippen molar-refractivity contribution in [3.05, 3.63) is 12.2 Å². The van der Waals surface area contributed by atoms with Gasteiger partial charge in [0.1, 0.15) is 6.61 Å². The smallest absolute Gasteiger partial charge is 0.104 e. The minimum Gasteiger partial charge on any atom is -0.200 e. The highest BCUT2D eigenvalue weighted by atomic mass is 17.1. The van der Waals surface area contributed by atoms with Gasteiger partial charge in [0.2, 0.25) is 0 Å². The molecular formula is C4H7O2. The van der Waals surface area contributed by atoms with Crippen molar-refractivity contribution in [2.45, 2.75) is 6.92 Å². The van der Waals surface area contributed by atoms with Gasteiger partial charge in [-0.3, -0.25) is 0 Å². The summed E-state index contributed by atoms with van der Waals surface area (Å²) in [5, 5.41) is 9.14. The second-order valence-corrected chi connectivity index (χ2v) is 0.854. The highest BCUT2D eigenvalue weighted by molar-refractivity contribution is 4.74. The molecule has 0 N–H and O–H groups in total. The summed E-state index contributed by atoms with van der Waals surface area (Å²) in [7, 11) is 0. The molecule has 0 unspecified atom stereocenters. The Morgan fingerprint density at radius 2 is 2.50 bits per heavy atom. The maximum absolute atomic E-state index is 9.14. The second kappa shape index (κ2) is 4.66. The molecule has 0 atom stereocenters. The molecule has 2 nitrogen and oxygen atoms in total. The Kier molecular flexibility index (Phi) is 4.40. The molecule has 35 valence electrons. The number of rotatable bonds is 2. The van der Waals surface area contributed by atoms with E-state index in [1.807, 2.05) is 6.92 Å². The molecule has 0 aromatic heterocycles. The van der Waals surface area contributed by atoms with Crippen molar-refractivity contribution in [2.75, 3.05) is 6.61 Å². The Bertz CT molecular complexity index is 40.8. The zero-order valence-corrected chi connectivity index (χ0v) is 3.68. The lowest BCUT2D eigenvalue weighted by molar-refractivity contribution is -0.294. The Morgan fingerprint density at radius 3 is 2.67 bits per heavy atom. The van der Waals surface area contributed by atoms with Gasteiger partial charge in [0, 0.05) is 0 Å². The highest BCUT2D eigenvalue weighted by Gasteiger charge is 1.66. The van der Waals surface area contributed by atoms with E-state index in [0.29, 0.717) is 0 Å². The maximum Gasteiger partial charge on any atom is 0.104 e. The summed E-state index contributed by atoms with van der Waals surface area (Å²) >= 11 is 0. The van der Waals surface area contributed by atoms with Crippen molar-refractivity contribution < 1.29 is 10.1 Å². The van der Waals surface area contributed by atoms with E-state index in [1.165, 1.54) is 0 Å². The SMILES string of the molecule is C/C=C\CO[O]. The molecule has 1 radical (unpaired) electrons. The Balaban J connectivity index is 2.66. The summed E-state index contributed by atoms with van der Waals surface area (Å²) in [6, 6.07) is 0. The van der Waals surface area contributed by atoms with Gasteiger partial charge in [0.05, 0.1) is 0 Å². The van der Waals surface area contributed by atoms with Gasteiger partial charge in [-0.2, -0.15) is 4.89 Å². The van der Waals surface area contributed by atoms with Crippen LogP contribution in [0.15, 0.2) is 12.2 Å². The second-order valence-electron chi connectivity index (χ2n) is 0.854. The molecule has 0 heterocycles. The van der Waals surface area contributed by atoms with Crippen molar-refractivity contribution in [3.8, 4) is 0 Å². The first kappa shape index (κ1) is 5.66. The van der Waals surface area contributed by atoms with Crippen LogP contribution >= 0.6 is 0 Å². The molecule has 0 bridgehead atoms. The van der Waals surface area contributed by atoms with Crippen LogP contribution in [0, 0.1) is 0 Å². The van der Waals surface area contributed by atoms with E-state index in [-0.39, 0.29) is 6.61 Å². The molecule has 6 heavy (non-hydrogen) atoms. The largest absolute Gasteiger partial charge is 0.200 e. The van der Waals surface area contributed by atoms with Crippen LogP contribution in [0.1, 0.15) is 6.92 Å². The Hall–Kier alpha value is -0.340. The summed E-state index contributed by atoms with van der Waals surface area (Å²) in [4.78, 5) is 3.45. The monoisotopic (exact) mass is 87.0 g/mol. The average Bonchev–Trinajstić information content (AvgIpc) is 1.61. The van der Waals surface area contributed by atoms with Gasteiger partial charge < -0.3 is 0 Å². The van der Waals surface area contributed by atoms with E-state index >= 15 is 0 Å². The quantitative estimate of drug-likeness (QED) is 0.280. The van der Waals surface area contributed by atoms with E-state index in [2.05, 4.69) is 4.89 Å². The van der Waals surface area contributed by atoms with Crippen LogP contribution in [0.5, 0.6) is 0 Å². The zero-order valence-electron chi connectivity index (χ0n) is 3.68. The lowest BCUT2D eigenvalue weighted by atomic mass is 10.6. The summed E-state index contributed by atoms with van der Waals surface area (Å²) < 4.78 is 0. The van der Waals surface area contributed by atoms with E-state index in [0.717, 1.165) is 0 Å². The van der Waals surface area contributed by atoms with Gasteiger partial charge in [0.15, 0.2) is 0 Å². The van der Waals surface area contributed by atoms with Crippen molar-refractivity contribution in [2.24, 2.45) is 0 Å². The van der Waals surface area contributed by atoms with Crippen molar-refractivity contribution in [1.82, 2.24) is 0 Å². The molecule has 0 aliphatic heterocycles. The lowest BCUT2D eigenvalue weighted by Gasteiger charge is -1.75. The number of hydrogen-bond acceptors (Lipinski definition) is 1. The first-order valence-corrected chi connectivity index (χ1v) is 1.77. The molecule has 0 aromatic carbocycles. The van der Waals surface area contributed by atoms with Crippen LogP contribution in [0.3, 0.4) is 0 Å². The van der Waals surface area contributed by atoms with Crippen LogP contribution in [-0.4, -0.2) is 6.61 Å². The van der Waals surface area contributed by atoms with E-state index in [4.69, 9.17) is 5.26 Å². The minimum absolute atomic E-state index is 0.177. The maximum atomic E-state index is 9.14. The predicted octanol–water partition coefficient (Wildman–Crippen LogP) is 0.925. The molecule has 0 spiro atoms. The summed E-state index contributed by atoms with van der Waals surface area (Å²) in [5.74, 6) is 0. The molecular weight excluding hydrogens is 80.0 g/mol. The first-order valence-electron chi connectivity index (χ1n) is 1.77. The van der Waals surface area contributed by atoms with E-state index < -0.39 is 0 Å². The lowest BCUT2D eigenvalue weighted by Crippen LogP contribution is -1.76. The topological polar surface area (TPSA) is 29.1 Å². The number of hydrogen-bond donors (Lipinski definition) is 0. The Labute approximate surface area is 37.0 Å². The highest BCUT2D eigenvalue weighted by Crippen LogP contribution is 1.68. The molecule has 0 saturated carbocycles. The molecule has 0 aromatic rings. The summed E-state index contributed by atoms with van der Waals surface area (Å²) in [6.45, 7) is 2.01. The predicted molar refractivity (Wildman–Crippen MR) is 21.5 cm³/mol. The van der Waals surface area contributed by atoms with Crippen LogP contribution in [-0.2, 0) is 10.1 Å². The van der Waals surface area contributed by atoms with Gasteiger partial charge in [0.25, 0.3) is 0 Å². The van der Waals surface area contributed by atoms with Crippen LogP contribution < -0.4 is 0 Å². The van der Waals surface area contributed by atoms with Crippen LogP contribution in [0.2, 0.25) is 0 Å². The van der Waals surface area contributed by atoms with Crippen LogP contribution in [0.25, 0.3) is 0 Å². The van der Waals surface area contributed by atoms with Gasteiger partial charge in [-0.25, -0.2) is 0 Å². The normalized spacial score (nSPS) is 10.3. The first-order chi connectivity index (χ1) is 2.91. The third kappa shape index (κ3) is 3.66. The minimum atomic E-state index is 0.177. The van der Waals surface area contributed by atoms with E-state index in [9.17, 15) is 0 Å². The summed E-state index contributed by atoms with van der Waals surface area (Å²) in [5.41, 5.74) is 0. The fraction of sp³-hybridized carbons (Fsp3) is 0.500. The molecule has 0 saturated heterocycles. The fourth-order valence-corrected chi connectivity index (χ4v) is 0.136. The van der Waals surface area contributed by atoms with Gasteiger partial charge >= 0.3 is 0 Å². The van der Waals surface area contributed by atoms with Gasteiger partial charge in [-0.15, -0.1) is 0 Å². The molecule has 0 rings (SSSR count). The fourth-order valence-electron chi connectivity index (χ4n) is 0.136. The van der Waals surface area contributed by atoms with E-state index in [1.54, 1.807) is 12.2 Å². The van der Waals surface area contributed by atoms with Crippen molar-refractivity contribution in [3.63, 3.8) is 0 Å². The summed E-state index contributed by atoms with van der Waals surface area (Å²) in [6.07, 6.45) is 3.41. The standard InChI is InChI=1S/C4H7O2/c1-2-3-4-6-5/h2-3H,4H2,1H3/b3-2-. The number of allylic oxidation sites excluding steroid dienone is 1. The average molecular weight is 87.1 g/mol. The Morgan fingerprint density at radius 1 is 1.83 bits per heavy atom. The zero-order chi connectivity index (χ0) is 4.83. The molecule has 2 heteroatoms. The third-order valence-corrected chi connectivity index (χ3v) is 0.400.